The van der Waals surface area contributed by atoms with Crippen molar-refractivity contribution < 1.29 is 13.9 Å². The lowest BCUT2D eigenvalue weighted by Crippen LogP contribution is -2.14. The van der Waals surface area contributed by atoms with Gasteiger partial charge in [-0.15, -0.1) is 10.2 Å². The lowest BCUT2D eigenvalue weighted by molar-refractivity contribution is -0.113. The number of aromatic nitrogens is 2. The second-order valence-corrected chi connectivity index (χ2v) is 7.14. The maximum atomic E-state index is 12.1. The van der Waals surface area contributed by atoms with E-state index in [1.165, 1.54) is 17.3 Å². The highest BCUT2D eigenvalue weighted by molar-refractivity contribution is 7.99. The van der Waals surface area contributed by atoms with Gasteiger partial charge in [0.2, 0.25) is 11.8 Å². The van der Waals surface area contributed by atoms with Gasteiger partial charge in [-0.2, -0.15) is 0 Å². The number of benzene rings is 2. The van der Waals surface area contributed by atoms with Crippen LogP contribution in [-0.4, -0.2) is 29.0 Å². The largest absolute Gasteiger partial charge is 0.497 e. The minimum Gasteiger partial charge on any atom is -0.497 e. The summed E-state index contributed by atoms with van der Waals surface area (Å²) in [6.07, 6.45) is 0. The molecule has 0 aliphatic heterocycles. The third-order valence-corrected chi connectivity index (χ3v) is 4.75. The normalized spacial score (nSPS) is 10.8. The van der Waals surface area contributed by atoms with Gasteiger partial charge in [0, 0.05) is 11.3 Å². The van der Waals surface area contributed by atoms with Crippen molar-refractivity contribution in [2.45, 2.75) is 25.0 Å². The predicted molar refractivity (Wildman–Crippen MR) is 106 cm³/mol. The van der Waals surface area contributed by atoms with E-state index in [9.17, 15) is 4.79 Å². The highest BCUT2D eigenvalue weighted by atomic mass is 32.2. The Balaban J connectivity index is 1.53. The molecule has 2 aromatic carbocycles. The molecule has 1 amide bonds. The van der Waals surface area contributed by atoms with Crippen LogP contribution in [0.15, 0.2) is 58.2 Å². The van der Waals surface area contributed by atoms with Gasteiger partial charge in [0.15, 0.2) is 0 Å². The van der Waals surface area contributed by atoms with E-state index >= 15 is 0 Å². The summed E-state index contributed by atoms with van der Waals surface area (Å²) in [5.74, 6) is 1.69. The van der Waals surface area contributed by atoms with E-state index in [1.54, 1.807) is 7.11 Å². The average Bonchev–Trinajstić information content (AvgIpc) is 3.16. The van der Waals surface area contributed by atoms with E-state index in [0.29, 0.717) is 17.0 Å². The molecule has 0 bridgehead atoms. The lowest BCUT2D eigenvalue weighted by Gasteiger charge is -2.07. The molecule has 0 fully saturated rings. The molecule has 0 unspecified atom stereocenters. The molecule has 7 heteroatoms. The summed E-state index contributed by atoms with van der Waals surface area (Å²) in [7, 11) is 1.61. The number of amides is 1. The fourth-order valence-corrected chi connectivity index (χ4v) is 2.96. The van der Waals surface area contributed by atoms with Crippen molar-refractivity contribution in [1.29, 1.82) is 0 Å². The van der Waals surface area contributed by atoms with Gasteiger partial charge >= 0.3 is 0 Å². The zero-order chi connectivity index (χ0) is 19.2. The molecule has 27 heavy (non-hydrogen) atoms. The van der Waals surface area contributed by atoms with Crippen LogP contribution in [-0.2, 0) is 4.79 Å². The topological polar surface area (TPSA) is 77.2 Å². The summed E-state index contributed by atoms with van der Waals surface area (Å²) in [6, 6.07) is 15.2. The number of hydrogen-bond acceptors (Lipinski definition) is 6. The van der Waals surface area contributed by atoms with Crippen molar-refractivity contribution in [3.63, 3.8) is 0 Å². The standard InChI is InChI=1S/C20H21N3O3S/c1-13(2)14-4-8-16(9-5-14)21-18(24)12-27-20-23-22-19(26-20)15-6-10-17(25-3)11-7-15/h4-11,13H,12H2,1-3H3,(H,21,24). The van der Waals surface area contributed by atoms with Crippen LogP contribution in [0.3, 0.4) is 0 Å². The van der Waals surface area contributed by atoms with Crippen LogP contribution in [0, 0.1) is 0 Å². The Hall–Kier alpha value is -2.80. The number of carbonyl (C=O) groups is 1. The van der Waals surface area contributed by atoms with E-state index < -0.39 is 0 Å². The van der Waals surface area contributed by atoms with Crippen molar-refractivity contribution >= 4 is 23.4 Å². The van der Waals surface area contributed by atoms with Gasteiger partial charge in [-0.05, 0) is 47.9 Å². The molecule has 0 saturated carbocycles. The monoisotopic (exact) mass is 383 g/mol. The van der Waals surface area contributed by atoms with Crippen molar-refractivity contribution in [3.05, 3.63) is 54.1 Å². The van der Waals surface area contributed by atoms with E-state index in [2.05, 4.69) is 29.4 Å². The molecule has 3 aromatic rings. The number of anilines is 1. The Morgan fingerprint density at radius 3 is 2.44 bits per heavy atom. The minimum absolute atomic E-state index is 0.124. The van der Waals surface area contributed by atoms with Crippen LogP contribution >= 0.6 is 11.8 Å². The molecule has 0 radical (unpaired) electrons. The van der Waals surface area contributed by atoms with Gasteiger partial charge in [-0.25, -0.2) is 0 Å². The lowest BCUT2D eigenvalue weighted by atomic mass is 10.0. The minimum atomic E-state index is -0.124. The molecule has 1 aromatic heterocycles. The first-order valence-electron chi connectivity index (χ1n) is 8.55. The van der Waals surface area contributed by atoms with Crippen LogP contribution in [0.5, 0.6) is 5.75 Å². The number of ether oxygens (including phenoxy) is 1. The van der Waals surface area contributed by atoms with E-state index in [0.717, 1.165) is 17.0 Å². The Kier molecular flexibility index (Phi) is 6.13. The second kappa shape index (κ2) is 8.73. The zero-order valence-electron chi connectivity index (χ0n) is 15.4. The van der Waals surface area contributed by atoms with Crippen LogP contribution in [0.4, 0.5) is 5.69 Å². The van der Waals surface area contributed by atoms with E-state index in [-0.39, 0.29) is 11.7 Å². The molecule has 0 spiro atoms. The molecule has 1 N–H and O–H groups in total. The molecule has 3 rings (SSSR count). The van der Waals surface area contributed by atoms with Crippen LogP contribution in [0.2, 0.25) is 0 Å². The molecule has 0 atom stereocenters. The highest BCUT2D eigenvalue weighted by Crippen LogP contribution is 2.25. The van der Waals surface area contributed by atoms with Crippen molar-refractivity contribution in [1.82, 2.24) is 10.2 Å². The molecule has 0 saturated heterocycles. The fraction of sp³-hybridized carbons (Fsp3) is 0.250. The Bertz CT molecular complexity index is 890. The van der Waals surface area contributed by atoms with Crippen molar-refractivity contribution in [2.24, 2.45) is 0 Å². The van der Waals surface area contributed by atoms with Crippen LogP contribution in [0.1, 0.15) is 25.3 Å². The van der Waals surface area contributed by atoms with Gasteiger partial charge in [-0.1, -0.05) is 37.7 Å². The summed E-state index contributed by atoms with van der Waals surface area (Å²) in [5, 5.41) is 11.2. The number of carbonyl (C=O) groups excluding carboxylic acids is 1. The van der Waals surface area contributed by atoms with Gasteiger partial charge in [-0.3, -0.25) is 4.79 Å². The van der Waals surface area contributed by atoms with Crippen molar-refractivity contribution in [2.75, 3.05) is 18.2 Å². The maximum Gasteiger partial charge on any atom is 0.277 e. The molecule has 0 aliphatic rings. The quantitative estimate of drug-likeness (QED) is 0.601. The van der Waals surface area contributed by atoms with Crippen LogP contribution in [0.25, 0.3) is 11.5 Å². The number of thioether (sulfide) groups is 1. The van der Waals surface area contributed by atoms with Crippen LogP contribution < -0.4 is 10.1 Å². The number of hydrogen-bond donors (Lipinski definition) is 1. The highest BCUT2D eigenvalue weighted by Gasteiger charge is 2.12. The average molecular weight is 383 g/mol. The summed E-state index contributed by atoms with van der Waals surface area (Å²) >= 11 is 1.20. The first-order valence-corrected chi connectivity index (χ1v) is 9.54. The number of rotatable bonds is 7. The van der Waals surface area contributed by atoms with Gasteiger partial charge in [0.1, 0.15) is 5.75 Å². The SMILES string of the molecule is COc1ccc(-c2nnc(SCC(=O)Nc3ccc(C(C)C)cc3)o2)cc1. The second-order valence-electron chi connectivity index (χ2n) is 6.22. The summed E-state index contributed by atoms with van der Waals surface area (Å²) < 4.78 is 10.7. The summed E-state index contributed by atoms with van der Waals surface area (Å²) in [6.45, 7) is 4.27. The Morgan fingerprint density at radius 1 is 1.11 bits per heavy atom. The Morgan fingerprint density at radius 2 is 1.81 bits per heavy atom. The van der Waals surface area contributed by atoms with Gasteiger partial charge in [0.25, 0.3) is 5.22 Å². The molecule has 6 nitrogen and oxygen atoms in total. The molecule has 140 valence electrons. The van der Waals surface area contributed by atoms with Gasteiger partial charge < -0.3 is 14.5 Å². The third-order valence-electron chi connectivity index (χ3n) is 3.93. The Labute approximate surface area is 162 Å². The van der Waals surface area contributed by atoms with Gasteiger partial charge in [0.05, 0.1) is 12.9 Å². The van der Waals surface area contributed by atoms with E-state index in [1.807, 2.05) is 48.5 Å². The molecular weight excluding hydrogens is 362 g/mol. The summed E-state index contributed by atoms with van der Waals surface area (Å²) in [5.41, 5.74) is 2.80. The number of nitrogens with zero attached hydrogens (tertiary/aromatic N) is 2. The first kappa shape index (κ1) is 19.0. The summed E-state index contributed by atoms with van der Waals surface area (Å²) in [4.78, 5) is 12.1. The van der Waals surface area contributed by atoms with E-state index in [4.69, 9.17) is 9.15 Å². The number of nitrogens with one attached hydrogen (secondary N) is 1. The molecule has 0 aliphatic carbocycles. The third kappa shape index (κ3) is 5.10. The fourth-order valence-electron chi connectivity index (χ4n) is 2.39. The maximum absolute atomic E-state index is 12.1. The number of methoxy groups -OCH3 is 1. The smallest absolute Gasteiger partial charge is 0.277 e. The molecular formula is C20H21N3O3S. The first-order chi connectivity index (χ1) is 13.0. The molecule has 1 heterocycles. The van der Waals surface area contributed by atoms with Crippen molar-refractivity contribution in [3.8, 4) is 17.2 Å². The zero-order valence-corrected chi connectivity index (χ0v) is 16.2. The predicted octanol–water partition coefficient (Wildman–Crippen LogP) is 4.60.